The van der Waals surface area contributed by atoms with Gasteiger partial charge in [0.2, 0.25) is 0 Å². The average molecular weight is 513 g/mol. The van der Waals surface area contributed by atoms with Crippen LogP contribution in [0.5, 0.6) is 0 Å². The number of nitrogens with zero attached hydrogens (tertiary/aromatic N) is 6. The van der Waals surface area contributed by atoms with Gasteiger partial charge < -0.3 is 19.6 Å². The van der Waals surface area contributed by atoms with E-state index in [1.54, 1.807) is 17.5 Å². The van der Waals surface area contributed by atoms with Crippen LogP contribution in [0.15, 0.2) is 52.2 Å². The number of amidine groups is 1. The molecular weight excluding hydrogens is 472 g/mol. The van der Waals surface area contributed by atoms with E-state index in [9.17, 15) is 0 Å². The molecule has 8 nitrogen and oxygen atoms in total. The van der Waals surface area contributed by atoms with Crippen molar-refractivity contribution in [2.75, 3.05) is 53.0 Å². The van der Waals surface area contributed by atoms with E-state index in [1.807, 2.05) is 25.4 Å². The van der Waals surface area contributed by atoms with Gasteiger partial charge >= 0.3 is 6.02 Å². The first kappa shape index (κ1) is 28.1. The molecule has 2 aromatic rings. The second-order valence-corrected chi connectivity index (χ2v) is 10.1. The number of likely N-dealkylation sites (N-methyl/N-ethyl adjacent to an activating group) is 2. The van der Waals surface area contributed by atoms with Crippen molar-refractivity contribution in [3.63, 3.8) is 0 Å². The molecule has 0 bridgehead atoms. The Labute approximate surface area is 219 Å². The lowest BCUT2D eigenvalue weighted by Gasteiger charge is -2.23. The van der Waals surface area contributed by atoms with Crippen LogP contribution in [0.2, 0.25) is 0 Å². The van der Waals surface area contributed by atoms with Crippen LogP contribution in [0, 0.1) is 0 Å². The monoisotopic (exact) mass is 512 g/mol. The number of rotatable bonds is 14. The molecule has 1 N–H and O–H groups in total. The van der Waals surface area contributed by atoms with Crippen LogP contribution < -0.4 is 0 Å². The van der Waals surface area contributed by atoms with E-state index in [2.05, 4.69) is 58.9 Å². The predicted molar refractivity (Wildman–Crippen MR) is 150 cm³/mol. The first-order chi connectivity index (χ1) is 17.5. The summed E-state index contributed by atoms with van der Waals surface area (Å²) in [5.41, 5.74) is 2.04. The predicted octanol–water partition coefficient (Wildman–Crippen LogP) is 4.15. The number of pyridine rings is 1. The number of fused-ring (bicyclic) bond motifs is 1. The zero-order chi connectivity index (χ0) is 25.8. The smallest absolute Gasteiger partial charge is 0.311 e. The largest absolute Gasteiger partial charge is 0.459 e. The van der Waals surface area contributed by atoms with E-state index >= 15 is 0 Å². The summed E-state index contributed by atoms with van der Waals surface area (Å²) in [6.07, 6.45) is 13.7. The van der Waals surface area contributed by atoms with Crippen molar-refractivity contribution < 1.29 is 9.84 Å². The molecule has 2 atom stereocenters. The van der Waals surface area contributed by atoms with Gasteiger partial charge in [0.05, 0.1) is 34.1 Å². The Balaban J connectivity index is 1.44. The third-order valence-corrected chi connectivity index (χ3v) is 7.64. The third-order valence-electron chi connectivity index (χ3n) is 6.41. The molecule has 0 aromatic carbocycles. The van der Waals surface area contributed by atoms with Crippen molar-refractivity contribution in [3.8, 4) is 0 Å². The summed E-state index contributed by atoms with van der Waals surface area (Å²) in [6.45, 7) is 11.6. The summed E-state index contributed by atoms with van der Waals surface area (Å²) in [4.78, 5) is 22.7. The number of hydrogen-bond acceptors (Lipinski definition) is 9. The van der Waals surface area contributed by atoms with Crippen molar-refractivity contribution >= 4 is 33.8 Å². The SMILES string of the molecule is CC=C(C=CCCN(C)CCN(CC)CCO)COC1=NC(C(C)c2nc3cnccc3s2)CC=N1. The van der Waals surface area contributed by atoms with Crippen LogP contribution in [0.3, 0.4) is 0 Å². The number of aliphatic hydroxyl groups is 1. The fraction of sp³-hybridized carbons (Fsp3) is 0.556. The number of hydrogen-bond donors (Lipinski definition) is 1. The van der Waals surface area contributed by atoms with Gasteiger partial charge in [0.15, 0.2) is 0 Å². The fourth-order valence-corrected chi connectivity index (χ4v) is 4.96. The molecule has 0 fully saturated rings. The summed E-state index contributed by atoms with van der Waals surface area (Å²) < 4.78 is 7.11. The summed E-state index contributed by atoms with van der Waals surface area (Å²) in [7, 11) is 2.14. The molecule has 3 heterocycles. The highest BCUT2D eigenvalue weighted by Crippen LogP contribution is 2.31. The van der Waals surface area contributed by atoms with Gasteiger partial charge in [-0.3, -0.25) is 4.98 Å². The van der Waals surface area contributed by atoms with Gasteiger partial charge in [-0.2, -0.15) is 0 Å². The zero-order valence-corrected chi connectivity index (χ0v) is 22.8. The third kappa shape index (κ3) is 8.58. The highest BCUT2D eigenvalue weighted by molar-refractivity contribution is 7.18. The lowest BCUT2D eigenvalue weighted by Crippen LogP contribution is -2.35. The average Bonchev–Trinajstić information content (AvgIpc) is 3.34. The molecule has 2 unspecified atom stereocenters. The summed E-state index contributed by atoms with van der Waals surface area (Å²) in [5.74, 6) is 0.180. The number of aromatic nitrogens is 2. The maximum absolute atomic E-state index is 9.12. The van der Waals surface area contributed by atoms with Gasteiger partial charge in [-0.15, -0.1) is 11.3 Å². The minimum absolute atomic E-state index is 0.0622. The van der Waals surface area contributed by atoms with E-state index in [1.165, 1.54) is 0 Å². The van der Waals surface area contributed by atoms with Crippen molar-refractivity contribution in [1.29, 1.82) is 0 Å². The summed E-state index contributed by atoms with van der Waals surface area (Å²) in [5, 5.41) is 10.2. The van der Waals surface area contributed by atoms with Gasteiger partial charge in [0.25, 0.3) is 0 Å². The van der Waals surface area contributed by atoms with E-state index in [0.29, 0.717) is 12.6 Å². The molecule has 196 valence electrons. The van der Waals surface area contributed by atoms with Gasteiger partial charge in [-0.05, 0) is 38.6 Å². The Morgan fingerprint density at radius 3 is 2.92 bits per heavy atom. The minimum Gasteiger partial charge on any atom is -0.459 e. The van der Waals surface area contributed by atoms with Gasteiger partial charge in [-0.25, -0.2) is 15.0 Å². The number of aliphatic imine (C=N–C) groups is 2. The molecule has 0 saturated heterocycles. The Bertz CT molecular complexity index is 1030. The second kappa shape index (κ2) is 14.9. The quantitative estimate of drug-likeness (QED) is 0.383. The summed E-state index contributed by atoms with van der Waals surface area (Å²) >= 11 is 1.70. The number of ether oxygens (including phenoxy) is 1. The van der Waals surface area contributed by atoms with E-state index in [0.717, 1.165) is 66.4 Å². The van der Waals surface area contributed by atoms with Crippen LogP contribution in [-0.4, -0.2) is 96.1 Å². The van der Waals surface area contributed by atoms with Crippen LogP contribution in [0.1, 0.15) is 44.5 Å². The number of allylic oxidation sites excluding steroid dienone is 1. The van der Waals surface area contributed by atoms with Crippen LogP contribution in [-0.2, 0) is 4.74 Å². The first-order valence-corrected chi connectivity index (χ1v) is 13.6. The van der Waals surface area contributed by atoms with Gasteiger partial charge in [0, 0.05) is 50.9 Å². The number of thiazole rings is 1. The molecule has 0 radical (unpaired) electrons. The maximum Gasteiger partial charge on any atom is 0.311 e. The van der Waals surface area contributed by atoms with Crippen molar-refractivity contribution in [2.24, 2.45) is 9.98 Å². The van der Waals surface area contributed by atoms with Crippen LogP contribution in [0.25, 0.3) is 10.2 Å². The van der Waals surface area contributed by atoms with Crippen molar-refractivity contribution in [1.82, 2.24) is 19.8 Å². The molecular formula is C27H40N6O2S. The second-order valence-electron chi connectivity index (χ2n) is 9.02. The molecule has 1 aliphatic rings. The molecule has 3 rings (SSSR count). The van der Waals surface area contributed by atoms with Crippen LogP contribution in [0.4, 0.5) is 0 Å². The van der Waals surface area contributed by atoms with E-state index in [4.69, 9.17) is 19.8 Å². The standard InChI is InChI=1S/C27H40N6O2S/c1-5-22(9-7-8-14-32(4)15-16-33(6-2)17-18-34)20-35-27-29-13-10-23(31-27)21(3)26-30-24-19-28-12-11-25(24)36-26/h5,7,9,11-13,19,21,23,34H,6,8,10,14-18,20H2,1-4H3. The fourth-order valence-electron chi connectivity index (χ4n) is 3.91. The number of aliphatic hydroxyl groups excluding tert-OH is 1. The molecule has 0 saturated carbocycles. The molecule has 1 aliphatic heterocycles. The minimum atomic E-state index is 0.0622. The normalized spacial score (nSPS) is 17.5. The zero-order valence-electron chi connectivity index (χ0n) is 22.0. The highest BCUT2D eigenvalue weighted by atomic mass is 32.1. The van der Waals surface area contributed by atoms with E-state index < -0.39 is 0 Å². The molecule has 0 amide bonds. The van der Waals surface area contributed by atoms with Crippen molar-refractivity contribution in [2.45, 2.75) is 45.6 Å². The molecule has 36 heavy (non-hydrogen) atoms. The lowest BCUT2D eigenvalue weighted by atomic mass is 10.0. The van der Waals surface area contributed by atoms with Crippen molar-refractivity contribution in [3.05, 3.63) is 47.3 Å². The molecule has 0 aliphatic carbocycles. The molecule has 0 spiro atoms. The molecule has 9 heteroatoms. The Hall–Kier alpha value is -2.46. The summed E-state index contributed by atoms with van der Waals surface area (Å²) in [6, 6.07) is 2.51. The van der Waals surface area contributed by atoms with E-state index in [-0.39, 0.29) is 18.6 Å². The Morgan fingerprint density at radius 1 is 1.31 bits per heavy atom. The lowest BCUT2D eigenvalue weighted by molar-refractivity contribution is 0.184. The van der Waals surface area contributed by atoms with Gasteiger partial charge in [-0.1, -0.05) is 32.1 Å². The maximum atomic E-state index is 9.12. The Morgan fingerprint density at radius 2 is 2.17 bits per heavy atom. The first-order valence-electron chi connectivity index (χ1n) is 12.8. The Kier molecular flexibility index (Phi) is 11.7. The van der Waals surface area contributed by atoms with Crippen LogP contribution >= 0.6 is 11.3 Å². The highest BCUT2D eigenvalue weighted by Gasteiger charge is 2.24. The topological polar surface area (TPSA) is 86.4 Å². The molecule has 2 aromatic heterocycles. The van der Waals surface area contributed by atoms with Gasteiger partial charge in [0.1, 0.15) is 6.61 Å².